The Labute approximate surface area is 112 Å². The van der Waals surface area contributed by atoms with Crippen molar-refractivity contribution in [3.8, 4) is 0 Å². The van der Waals surface area contributed by atoms with Gasteiger partial charge < -0.3 is 10.4 Å². The largest absolute Gasteiger partial charge is 0.387 e. The molecule has 2 atom stereocenters. The predicted octanol–water partition coefficient (Wildman–Crippen LogP) is 2.33. The average Bonchev–Trinajstić information content (AvgIpc) is 2.46. The number of nitrogens with one attached hydrogen (secondary N) is 1. The van der Waals surface area contributed by atoms with Crippen LogP contribution in [-0.2, 0) is 0 Å². The minimum atomic E-state index is -0.633. The number of nitro groups is 1. The van der Waals surface area contributed by atoms with E-state index in [9.17, 15) is 15.2 Å². The Hall–Kier alpha value is -1.72. The van der Waals surface area contributed by atoms with E-state index in [2.05, 4.69) is 17.5 Å². The highest BCUT2D eigenvalue weighted by Crippen LogP contribution is 2.18. The number of aliphatic hydroxyl groups is 1. The van der Waals surface area contributed by atoms with Gasteiger partial charge in [0.25, 0.3) is 5.69 Å². The molecular formula is C14H18N2O3. The van der Waals surface area contributed by atoms with E-state index in [0.717, 1.165) is 19.3 Å². The summed E-state index contributed by atoms with van der Waals surface area (Å²) >= 11 is 0. The van der Waals surface area contributed by atoms with Crippen molar-refractivity contribution in [3.05, 3.63) is 52.1 Å². The van der Waals surface area contributed by atoms with Crippen molar-refractivity contribution in [1.82, 2.24) is 5.32 Å². The van der Waals surface area contributed by atoms with Gasteiger partial charge in [-0.25, -0.2) is 0 Å². The molecule has 0 saturated heterocycles. The van der Waals surface area contributed by atoms with Gasteiger partial charge in [0, 0.05) is 24.7 Å². The van der Waals surface area contributed by atoms with Crippen LogP contribution in [-0.4, -0.2) is 22.6 Å². The Morgan fingerprint density at radius 2 is 2.11 bits per heavy atom. The average molecular weight is 262 g/mol. The molecule has 2 rings (SSSR count). The molecule has 1 aromatic rings. The molecule has 0 spiro atoms. The summed E-state index contributed by atoms with van der Waals surface area (Å²) in [6.07, 6.45) is 6.85. The Kier molecular flexibility index (Phi) is 4.65. The fraction of sp³-hybridized carbons (Fsp3) is 0.429. The summed E-state index contributed by atoms with van der Waals surface area (Å²) in [4.78, 5) is 10.1. The molecular weight excluding hydrogens is 244 g/mol. The second-order valence-electron chi connectivity index (χ2n) is 4.75. The highest BCUT2D eigenvalue weighted by molar-refractivity contribution is 5.33. The van der Waals surface area contributed by atoms with Crippen LogP contribution in [0.3, 0.4) is 0 Å². The molecule has 102 valence electrons. The monoisotopic (exact) mass is 262 g/mol. The first kappa shape index (κ1) is 13.7. The number of allylic oxidation sites excluding steroid dienone is 1. The van der Waals surface area contributed by atoms with E-state index in [1.165, 1.54) is 12.1 Å². The third-order valence-corrected chi connectivity index (χ3v) is 3.36. The summed E-state index contributed by atoms with van der Waals surface area (Å²) in [5, 5.41) is 23.9. The standard InChI is InChI=1S/C14H18N2O3/c17-14(10-15-12-4-2-1-3-5-12)11-6-8-13(9-7-11)16(18)19/h1-2,6-9,12,14-15,17H,3-5,10H2. The normalized spacial score (nSPS) is 20.2. The van der Waals surface area contributed by atoms with Crippen molar-refractivity contribution in [3.63, 3.8) is 0 Å². The molecule has 0 amide bonds. The molecule has 0 radical (unpaired) electrons. The van der Waals surface area contributed by atoms with E-state index in [1.807, 2.05) is 0 Å². The number of rotatable bonds is 5. The van der Waals surface area contributed by atoms with Crippen LogP contribution >= 0.6 is 0 Å². The molecule has 2 unspecified atom stereocenters. The lowest BCUT2D eigenvalue weighted by Gasteiger charge is -2.21. The summed E-state index contributed by atoms with van der Waals surface area (Å²) in [6.45, 7) is 0.469. The molecule has 0 bridgehead atoms. The molecule has 5 nitrogen and oxygen atoms in total. The Morgan fingerprint density at radius 1 is 1.37 bits per heavy atom. The van der Waals surface area contributed by atoms with Gasteiger partial charge >= 0.3 is 0 Å². The number of benzene rings is 1. The van der Waals surface area contributed by atoms with Crippen LogP contribution in [0.25, 0.3) is 0 Å². The first-order chi connectivity index (χ1) is 9.16. The zero-order valence-electron chi connectivity index (χ0n) is 10.7. The van der Waals surface area contributed by atoms with Gasteiger partial charge in [0.05, 0.1) is 11.0 Å². The maximum Gasteiger partial charge on any atom is 0.269 e. The molecule has 0 fully saturated rings. The summed E-state index contributed by atoms with van der Waals surface area (Å²) in [7, 11) is 0. The van der Waals surface area contributed by atoms with E-state index in [0.29, 0.717) is 18.2 Å². The van der Waals surface area contributed by atoms with Crippen LogP contribution in [0, 0.1) is 10.1 Å². The van der Waals surface area contributed by atoms with E-state index in [-0.39, 0.29) is 5.69 Å². The number of nitrogens with zero attached hydrogens (tertiary/aromatic N) is 1. The SMILES string of the molecule is O=[N+]([O-])c1ccc(C(O)CNC2CC=CCC2)cc1. The Bertz CT molecular complexity index is 456. The van der Waals surface area contributed by atoms with E-state index < -0.39 is 11.0 Å². The molecule has 0 heterocycles. The maximum absolute atomic E-state index is 10.5. The number of hydrogen-bond acceptors (Lipinski definition) is 4. The van der Waals surface area contributed by atoms with E-state index >= 15 is 0 Å². The second-order valence-corrected chi connectivity index (χ2v) is 4.75. The van der Waals surface area contributed by atoms with Crippen molar-refractivity contribution in [2.45, 2.75) is 31.4 Å². The summed E-state index contributed by atoms with van der Waals surface area (Å²) in [5.41, 5.74) is 0.741. The third kappa shape index (κ3) is 3.87. The summed E-state index contributed by atoms with van der Waals surface area (Å²) in [6, 6.07) is 6.46. The minimum Gasteiger partial charge on any atom is -0.387 e. The molecule has 2 N–H and O–H groups in total. The lowest BCUT2D eigenvalue weighted by molar-refractivity contribution is -0.384. The van der Waals surface area contributed by atoms with Gasteiger partial charge in [-0.15, -0.1) is 0 Å². The van der Waals surface area contributed by atoms with Crippen LogP contribution < -0.4 is 5.32 Å². The number of non-ortho nitro benzene ring substituents is 1. The van der Waals surface area contributed by atoms with Crippen molar-refractivity contribution in [2.24, 2.45) is 0 Å². The first-order valence-corrected chi connectivity index (χ1v) is 6.47. The van der Waals surface area contributed by atoms with Gasteiger partial charge in [0.1, 0.15) is 0 Å². The Balaban J connectivity index is 1.86. The van der Waals surface area contributed by atoms with Crippen molar-refractivity contribution in [1.29, 1.82) is 0 Å². The Morgan fingerprint density at radius 3 is 2.68 bits per heavy atom. The molecule has 1 aromatic carbocycles. The van der Waals surface area contributed by atoms with Crippen LogP contribution in [0.15, 0.2) is 36.4 Å². The third-order valence-electron chi connectivity index (χ3n) is 3.36. The molecule has 19 heavy (non-hydrogen) atoms. The second kappa shape index (κ2) is 6.45. The quantitative estimate of drug-likeness (QED) is 0.485. The van der Waals surface area contributed by atoms with Gasteiger partial charge in [0.2, 0.25) is 0 Å². The minimum absolute atomic E-state index is 0.0429. The highest BCUT2D eigenvalue weighted by atomic mass is 16.6. The lowest BCUT2D eigenvalue weighted by Crippen LogP contribution is -2.33. The number of aliphatic hydroxyl groups excluding tert-OH is 1. The molecule has 0 aliphatic heterocycles. The number of hydrogen-bond donors (Lipinski definition) is 2. The smallest absolute Gasteiger partial charge is 0.269 e. The van der Waals surface area contributed by atoms with E-state index in [4.69, 9.17) is 0 Å². The molecule has 0 aromatic heterocycles. The fourth-order valence-corrected chi connectivity index (χ4v) is 2.19. The van der Waals surface area contributed by atoms with Gasteiger partial charge in [0.15, 0.2) is 0 Å². The number of nitro benzene ring substituents is 1. The zero-order valence-corrected chi connectivity index (χ0v) is 10.7. The van der Waals surface area contributed by atoms with Crippen molar-refractivity contribution >= 4 is 5.69 Å². The lowest BCUT2D eigenvalue weighted by atomic mass is 10.0. The van der Waals surface area contributed by atoms with Crippen molar-refractivity contribution in [2.75, 3.05) is 6.54 Å². The first-order valence-electron chi connectivity index (χ1n) is 6.47. The summed E-state index contributed by atoms with van der Waals surface area (Å²) in [5.74, 6) is 0. The highest BCUT2D eigenvalue weighted by Gasteiger charge is 2.14. The zero-order chi connectivity index (χ0) is 13.7. The van der Waals surface area contributed by atoms with Crippen LogP contribution in [0.4, 0.5) is 5.69 Å². The molecule has 1 aliphatic rings. The van der Waals surface area contributed by atoms with Crippen LogP contribution in [0.1, 0.15) is 30.9 Å². The summed E-state index contributed by atoms with van der Waals surface area (Å²) < 4.78 is 0. The van der Waals surface area contributed by atoms with Crippen LogP contribution in [0.2, 0.25) is 0 Å². The molecule has 0 saturated carbocycles. The molecule has 5 heteroatoms. The maximum atomic E-state index is 10.5. The van der Waals surface area contributed by atoms with Gasteiger partial charge in [-0.3, -0.25) is 10.1 Å². The predicted molar refractivity (Wildman–Crippen MR) is 72.8 cm³/mol. The van der Waals surface area contributed by atoms with Crippen LogP contribution in [0.5, 0.6) is 0 Å². The fourth-order valence-electron chi connectivity index (χ4n) is 2.19. The van der Waals surface area contributed by atoms with E-state index in [1.54, 1.807) is 12.1 Å². The molecule has 1 aliphatic carbocycles. The van der Waals surface area contributed by atoms with Crippen molar-refractivity contribution < 1.29 is 10.0 Å². The topological polar surface area (TPSA) is 75.4 Å². The van der Waals surface area contributed by atoms with Gasteiger partial charge in [-0.1, -0.05) is 12.2 Å². The van der Waals surface area contributed by atoms with Gasteiger partial charge in [-0.05, 0) is 37.0 Å². The van der Waals surface area contributed by atoms with Gasteiger partial charge in [-0.2, -0.15) is 0 Å².